The minimum Gasteiger partial charge on any atom is -0.357 e. The first-order valence-corrected chi connectivity index (χ1v) is 8.52. The number of amides is 1. The number of carbonyl (C=O) groups excluding carboxylic acids is 1. The Morgan fingerprint density at radius 1 is 1.33 bits per heavy atom. The second kappa shape index (κ2) is 9.56. The van der Waals surface area contributed by atoms with Crippen LogP contribution >= 0.6 is 0 Å². The third kappa shape index (κ3) is 5.58. The summed E-state index contributed by atoms with van der Waals surface area (Å²) < 4.78 is 0. The van der Waals surface area contributed by atoms with Gasteiger partial charge in [-0.25, -0.2) is 4.99 Å². The molecule has 1 aliphatic rings. The van der Waals surface area contributed by atoms with Crippen molar-refractivity contribution in [3.8, 4) is 6.07 Å². The van der Waals surface area contributed by atoms with Crippen molar-refractivity contribution in [2.45, 2.75) is 32.7 Å². The van der Waals surface area contributed by atoms with Crippen molar-refractivity contribution >= 4 is 11.9 Å². The number of rotatable bonds is 7. The minimum absolute atomic E-state index is 0.274. The largest absolute Gasteiger partial charge is 0.357 e. The van der Waals surface area contributed by atoms with Gasteiger partial charge in [0.25, 0.3) is 0 Å². The van der Waals surface area contributed by atoms with Crippen molar-refractivity contribution < 1.29 is 4.79 Å². The first-order valence-electron chi connectivity index (χ1n) is 8.52. The Bertz CT molecular complexity index is 603. The molecule has 6 nitrogen and oxygen atoms in total. The molecule has 6 heteroatoms. The number of guanidine groups is 1. The summed E-state index contributed by atoms with van der Waals surface area (Å²) in [5, 5.41) is 15.3. The third-order valence-electron chi connectivity index (χ3n) is 3.92. The highest BCUT2D eigenvalue weighted by Crippen LogP contribution is 2.09. The summed E-state index contributed by atoms with van der Waals surface area (Å²) in [6.07, 6.45) is 2.59. The highest BCUT2D eigenvalue weighted by atomic mass is 16.2. The topological polar surface area (TPSA) is 80.5 Å². The normalized spacial score (nSPS) is 14.6. The standard InChI is InChI=1S/C18H25N5O/c1-2-20-18(21-10-4-12-23-11-3-5-17(23)24)22-14-16-8-6-15(13-19)7-9-16/h6-9H,2-5,10-12,14H2,1H3,(H2,20,21,22). The third-order valence-corrected chi connectivity index (χ3v) is 3.92. The minimum atomic E-state index is 0.274. The van der Waals surface area contributed by atoms with Gasteiger partial charge in [-0.15, -0.1) is 0 Å². The van der Waals surface area contributed by atoms with Crippen LogP contribution < -0.4 is 10.6 Å². The van der Waals surface area contributed by atoms with Crippen LogP contribution in [0.2, 0.25) is 0 Å². The zero-order valence-corrected chi connectivity index (χ0v) is 14.2. The molecule has 1 heterocycles. The van der Waals surface area contributed by atoms with E-state index in [9.17, 15) is 4.79 Å². The summed E-state index contributed by atoms with van der Waals surface area (Å²) in [5.74, 6) is 1.05. The lowest BCUT2D eigenvalue weighted by Gasteiger charge is -2.16. The molecule has 0 radical (unpaired) electrons. The Morgan fingerprint density at radius 3 is 2.75 bits per heavy atom. The number of aliphatic imine (C=N–C) groups is 1. The molecule has 1 amide bonds. The Balaban J connectivity index is 1.77. The van der Waals surface area contributed by atoms with Gasteiger partial charge >= 0.3 is 0 Å². The smallest absolute Gasteiger partial charge is 0.222 e. The number of likely N-dealkylation sites (tertiary alicyclic amines) is 1. The molecule has 0 aliphatic carbocycles. The van der Waals surface area contributed by atoms with Crippen LogP contribution in [0, 0.1) is 11.3 Å². The molecule has 0 atom stereocenters. The summed E-state index contributed by atoms with van der Waals surface area (Å²) in [4.78, 5) is 18.0. The van der Waals surface area contributed by atoms with Gasteiger partial charge < -0.3 is 15.5 Å². The summed E-state index contributed by atoms with van der Waals surface area (Å²) in [5.41, 5.74) is 1.72. The lowest BCUT2D eigenvalue weighted by molar-refractivity contribution is -0.127. The summed E-state index contributed by atoms with van der Waals surface area (Å²) in [7, 11) is 0. The molecular formula is C18H25N5O. The van der Waals surface area contributed by atoms with Gasteiger partial charge in [-0.05, 0) is 37.5 Å². The van der Waals surface area contributed by atoms with E-state index in [2.05, 4.69) is 21.7 Å². The molecule has 0 saturated carbocycles. The Labute approximate surface area is 143 Å². The van der Waals surface area contributed by atoms with Crippen LogP contribution in [0.4, 0.5) is 0 Å². The van der Waals surface area contributed by atoms with E-state index in [4.69, 9.17) is 5.26 Å². The molecule has 0 spiro atoms. The summed E-state index contributed by atoms with van der Waals surface area (Å²) in [6.45, 7) is 5.87. The van der Waals surface area contributed by atoms with Gasteiger partial charge in [0, 0.05) is 32.6 Å². The van der Waals surface area contributed by atoms with Crippen molar-refractivity contribution in [2.24, 2.45) is 4.99 Å². The van der Waals surface area contributed by atoms with E-state index in [1.165, 1.54) is 0 Å². The van der Waals surface area contributed by atoms with Gasteiger partial charge in [-0.1, -0.05) is 12.1 Å². The van der Waals surface area contributed by atoms with Crippen LogP contribution in [0.1, 0.15) is 37.3 Å². The molecule has 0 unspecified atom stereocenters. The predicted octanol–water partition coefficient (Wildman–Crippen LogP) is 1.63. The molecule has 1 aromatic rings. The number of nitrogens with one attached hydrogen (secondary N) is 2. The molecule has 1 aromatic carbocycles. The first kappa shape index (κ1) is 17.8. The average molecular weight is 327 g/mol. The van der Waals surface area contributed by atoms with Crippen molar-refractivity contribution in [3.63, 3.8) is 0 Å². The van der Waals surface area contributed by atoms with Crippen LogP contribution in [0.25, 0.3) is 0 Å². The van der Waals surface area contributed by atoms with E-state index in [1.54, 1.807) is 12.1 Å². The highest BCUT2D eigenvalue weighted by Gasteiger charge is 2.18. The number of nitriles is 1. The fraction of sp³-hybridized carbons (Fsp3) is 0.500. The Morgan fingerprint density at radius 2 is 2.12 bits per heavy atom. The van der Waals surface area contributed by atoms with Crippen LogP contribution in [0.3, 0.4) is 0 Å². The molecule has 2 rings (SSSR count). The molecule has 1 fully saturated rings. The molecule has 2 N–H and O–H groups in total. The van der Waals surface area contributed by atoms with Crippen LogP contribution in [0.5, 0.6) is 0 Å². The Kier molecular flexibility index (Phi) is 7.09. The zero-order valence-electron chi connectivity index (χ0n) is 14.2. The lowest BCUT2D eigenvalue weighted by Crippen LogP contribution is -2.39. The SMILES string of the molecule is CCNC(=NCc1ccc(C#N)cc1)NCCCN1CCCC1=O. The van der Waals surface area contributed by atoms with Crippen molar-refractivity contribution in [1.29, 1.82) is 5.26 Å². The highest BCUT2D eigenvalue weighted by molar-refractivity contribution is 5.79. The molecule has 128 valence electrons. The fourth-order valence-corrected chi connectivity index (χ4v) is 2.61. The number of hydrogen-bond donors (Lipinski definition) is 2. The van der Waals surface area contributed by atoms with E-state index in [1.807, 2.05) is 24.0 Å². The quantitative estimate of drug-likeness (QED) is 0.453. The number of benzene rings is 1. The number of hydrogen-bond acceptors (Lipinski definition) is 3. The van der Waals surface area contributed by atoms with Gasteiger partial charge in [0.05, 0.1) is 18.2 Å². The molecule has 0 aromatic heterocycles. The Hall–Kier alpha value is -2.55. The van der Waals surface area contributed by atoms with Crippen LogP contribution in [0.15, 0.2) is 29.3 Å². The molecule has 24 heavy (non-hydrogen) atoms. The zero-order chi connectivity index (χ0) is 17.2. The van der Waals surface area contributed by atoms with Gasteiger partial charge in [0.2, 0.25) is 5.91 Å². The van der Waals surface area contributed by atoms with Crippen molar-refractivity contribution in [1.82, 2.24) is 15.5 Å². The lowest BCUT2D eigenvalue weighted by atomic mass is 10.1. The van der Waals surface area contributed by atoms with E-state index in [0.717, 1.165) is 50.5 Å². The second-order valence-electron chi connectivity index (χ2n) is 5.77. The maximum atomic E-state index is 11.6. The first-order chi connectivity index (χ1) is 11.7. The summed E-state index contributed by atoms with van der Waals surface area (Å²) in [6, 6.07) is 9.56. The number of carbonyl (C=O) groups is 1. The van der Waals surface area contributed by atoms with Gasteiger partial charge in [0.1, 0.15) is 0 Å². The molecule has 1 saturated heterocycles. The van der Waals surface area contributed by atoms with Crippen LogP contribution in [-0.4, -0.2) is 42.9 Å². The van der Waals surface area contributed by atoms with Crippen molar-refractivity contribution in [3.05, 3.63) is 35.4 Å². The molecular weight excluding hydrogens is 302 g/mol. The van der Waals surface area contributed by atoms with E-state index < -0.39 is 0 Å². The van der Waals surface area contributed by atoms with Gasteiger partial charge in [-0.2, -0.15) is 5.26 Å². The fourth-order valence-electron chi connectivity index (χ4n) is 2.61. The maximum Gasteiger partial charge on any atom is 0.222 e. The predicted molar refractivity (Wildman–Crippen MR) is 94.4 cm³/mol. The van der Waals surface area contributed by atoms with E-state index in [0.29, 0.717) is 18.5 Å². The molecule has 0 bridgehead atoms. The van der Waals surface area contributed by atoms with E-state index in [-0.39, 0.29) is 5.91 Å². The average Bonchev–Trinajstić information content (AvgIpc) is 3.02. The second-order valence-corrected chi connectivity index (χ2v) is 5.77. The maximum absolute atomic E-state index is 11.6. The van der Waals surface area contributed by atoms with Crippen molar-refractivity contribution in [2.75, 3.05) is 26.2 Å². The van der Waals surface area contributed by atoms with Gasteiger partial charge in [-0.3, -0.25) is 4.79 Å². The van der Waals surface area contributed by atoms with E-state index >= 15 is 0 Å². The van der Waals surface area contributed by atoms with Gasteiger partial charge in [0.15, 0.2) is 5.96 Å². The summed E-state index contributed by atoms with van der Waals surface area (Å²) >= 11 is 0. The molecule has 1 aliphatic heterocycles. The monoisotopic (exact) mass is 327 g/mol. The van der Waals surface area contributed by atoms with Crippen LogP contribution in [-0.2, 0) is 11.3 Å². The number of nitrogens with zero attached hydrogens (tertiary/aromatic N) is 3.